The van der Waals surface area contributed by atoms with Crippen LogP contribution >= 0.6 is 0 Å². The first kappa shape index (κ1) is 7.56. The van der Waals surface area contributed by atoms with Gasteiger partial charge in [-0.1, -0.05) is 30.3 Å². The van der Waals surface area contributed by atoms with Crippen LogP contribution in [0, 0.1) is 0 Å². The summed E-state index contributed by atoms with van der Waals surface area (Å²) in [5.74, 6) is 0. The highest BCUT2D eigenvalue weighted by molar-refractivity contribution is 5.13. The van der Waals surface area contributed by atoms with E-state index in [9.17, 15) is 0 Å². The second kappa shape index (κ2) is 3.55. The molecule has 0 saturated heterocycles. The van der Waals surface area contributed by atoms with Crippen molar-refractivity contribution in [3.63, 3.8) is 0 Å². The first-order valence-corrected chi connectivity index (χ1v) is 4.47. The fourth-order valence-corrected chi connectivity index (χ4v) is 1.61. The van der Waals surface area contributed by atoms with Gasteiger partial charge in [0.05, 0.1) is 13.1 Å². The molecular weight excluding hydrogens is 146 g/mol. The summed E-state index contributed by atoms with van der Waals surface area (Å²) in [6.45, 7) is 3.54. The first-order valence-electron chi connectivity index (χ1n) is 4.47. The van der Waals surface area contributed by atoms with Crippen molar-refractivity contribution in [3.8, 4) is 0 Å². The van der Waals surface area contributed by atoms with Gasteiger partial charge < -0.3 is 4.90 Å². The summed E-state index contributed by atoms with van der Waals surface area (Å²) < 4.78 is 0. The van der Waals surface area contributed by atoms with Crippen LogP contribution in [0.3, 0.4) is 0 Å². The Morgan fingerprint density at radius 3 is 2.33 bits per heavy atom. The van der Waals surface area contributed by atoms with Gasteiger partial charge in [0.15, 0.2) is 0 Å². The maximum Gasteiger partial charge on any atom is 0.103 e. The summed E-state index contributed by atoms with van der Waals surface area (Å²) in [6, 6.07) is 10.7. The first-order chi connectivity index (χ1) is 5.95. The van der Waals surface area contributed by atoms with E-state index in [-0.39, 0.29) is 0 Å². The summed E-state index contributed by atoms with van der Waals surface area (Å²) in [6.07, 6.45) is 4.52. The molecule has 0 spiro atoms. The molecule has 1 nitrogen and oxygen atoms in total. The van der Waals surface area contributed by atoms with E-state index < -0.39 is 0 Å². The van der Waals surface area contributed by atoms with E-state index in [0.717, 1.165) is 6.54 Å². The molecule has 12 heavy (non-hydrogen) atoms. The molecule has 1 aromatic rings. The van der Waals surface area contributed by atoms with Crippen LogP contribution in [0.1, 0.15) is 5.56 Å². The van der Waals surface area contributed by atoms with E-state index in [2.05, 4.69) is 42.5 Å². The Kier molecular flexibility index (Phi) is 2.23. The summed E-state index contributed by atoms with van der Waals surface area (Å²) in [7, 11) is 0. The van der Waals surface area contributed by atoms with Gasteiger partial charge in [-0.2, -0.15) is 0 Å². The van der Waals surface area contributed by atoms with Crippen LogP contribution in [0.25, 0.3) is 0 Å². The maximum absolute atomic E-state index is 2.26. The average molecular weight is 160 g/mol. The molecule has 0 radical (unpaired) electrons. The smallest absolute Gasteiger partial charge is 0.103 e. The Labute approximate surface area is 73.3 Å². The number of quaternary nitrogens is 1. The van der Waals surface area contributed by atoms with Crippen molar-refractivity contribution in [2.75, 3.05) is 13.1 Å². The summed E-state index contributed by atoms with van der Waals surface area (Å²) in [5, 5.41) is 0. The van der Waals surface area contributed by atoms with Gasteiger partial charge in [0.2, 0.25) is 0 Å². The van der Waals surface area contributed by atoms with Crippen molar-refractivity contribution in [2.24, 2.45) is 0 Å². The van der Waals surface area contributed by atoms with Crippen LogP contribution in [0.2, 0.25) is 0 Å². The zero-order valence-electron chi connectivity index (χ0n) is 7.16. The molecule has 0 bridgehead atoms. The second-order valence-corrected chi connectivity index (χ2v) is 3.29. The highest BCUT2D eigenvalue weighted by atomic mass is 15.1. The number of nitrogens with one attached hydrogen (secondary N) is 1. The van der Waals surface area contributed by atoms with Crippen molar-refractivity contribution in [2.45, 2.75) is 6.54 Å². The normalized spacial score (nSPS) is 17.0. The Balaban J connectivity index is 1.95. The molecule has 0 aromatic heterocycles. The summed E-state index contributed by atoms with van der Waals surface area (Å²) >= 11 is 0. The predicted octanol–water partition coefficient (Wildman–Crippen LogP) is 0.641. The number of hydrogen-bond acceptors (Lipinski definition) is 0. The minimum atomic E-state index is 1.16. The van der Waals surface area contributed by atoms with Crippen LogP contribution in [-0.4, -0.2) is 13.1 Å². The van der Waals surface area contributed by atoms with Gasteiger partial charge in [-0.25, -0.2) is 0 Å². The van der Waals surface area contributed by atoms with E-state index in [1.54, 1.807) is 4.90 Å². The van der Waals surface area contributed by atoms with E-state index in [0.29, 0.717) is 0 Å². The monoisotopic (exact) mass is 160 g/mol. The molecule has 1 N–H and O–H groups in total. The lowest BCUT2D eigenvalue weighted by molar-refractivity contribution is -0.897. The topological polar surface area (TPSA) is 4.44 Å². The molecule has 0 amide bonds. The molecule has 0 saturated carbocycles. The van der Waals surface area contributed by atoms with Gasteiger partial charge in [-0.05, 0) is 12.2 Å². The lowest BCUT2D eigenvalue weighted by atomic mass is 10.2. The molecule has 1 heteroatoms. The molecular formula is C11H14N+. The standard InChI is InChI=1S/C11H13N/c1-2-6-11(7-3-1)10-12-8-4-5-9-12/h1-7H,8-10H2/p+1. The molecule has 62 valence electrons. The fourth-order valence-electron chi connectivity index (χ4n) is 1.61. The fraction of sp³-hybridized carbons (Fsp3) is 0.273. The molecule has 0 aliphatic carbocycles. The van der Waals surface area contributed by atoms with Crippen molar-refractivity contribution >= 4 is 0 Å². The Morgan fingerprint density at radius 1 is 1.00 bits per heavy atom. The lowest BCUT2D eigenvalue weighted by Crippen LogP contribution is -3.08. The zero-order chi connectivity index (χ0) is 8.23. The quantitative estimate of drug-likeness (QED) is 0.606. The van der Waals surface area contributed by atoms with Crippen LogP contribution < -0.4 is 4.90 Å². The maximum atomic E-state index is 2.26. The number of benzene rings is 1. The van der Waals surface area contributed by atoms with E-state index in [1.165, 1.54) is 18.7 Å². The largest absolute Gasteiger partial charge is 0.325 e. The van der Waals surface area contributed by atoms with Crippen LogP contribution in [-0.2, 0) is 6.54 Å². The molecule has 0 fully saturated rings. The second-order valence-electron chi connectivity index (χ2n) is 3.29. The third-order valence-corrected chi connectivity index (χ3v) is 2.28. The third-order valence-electron chi connectivity index (χ3n) is 2.28. The van der Waals surface area contributed by atoms with Crippen molar-refractivity contribution in [1.82, 2.24) is 0 Å². The van der Waals surface area contributed by atoms with E-state index in [4.69, 9.17) is 0 Å². The Hall–Kier alpha value is -1.08. The van der Waals surface area contributed by atoms with Gasteiger partial charge in [0, 0.05) is 5.56 Å². The van der Waals surface area contributed by atoms with Gasteiger partial charge in [0.1, 0.15) is 6.54 Å². The highest BCUT2D eigenvalue weighted by Crippen LogP contribution is 1.95. The molecule has 1 aliphatic heterocycles. The van der Waals surface area contributed by atoms with Crippen molar-refractivity contribution in [3.05, 3.63) is 48.0 Å². The lowest BCUT2D eigenvalue weighted by Gasteiger charge is -2.11. The summed E-state index contributed by atoms with van der Waals surface area (Å²) in [5.41, 5.74) is 1.44. The Morgan fingerprint density at radius 2 is 1.67 bits per heavy atom. The SMILES string of the molecule is C1=CC[NH+](Cc2ccccc2)C1. The van der Waals surface area contributed by atoms with Crippen LogP contribution in [0.15, 0.2) is 42.5 Å². The third kappa shape index (κ3) is 1.74. The number of rotatable bonds is 2. The van der Waals surface area contributed by atoms with Crippen LogP contribution in [0.5, 0.6) is 0 Å². The van der Waals surface area contributed by atoms with Crippen molar-refractivity contribution in [1.29, 1.82) is 0 Å². The minimum absolute atomic E-state index is 1.16. The molecule has 1 aliphatic rings. The molecule has 1 aromatic carbocycles. The molecule has 0 atom stereocenters. The van der Waals surface area contributed by atoms with Gasteiger partial charge in [0.25, 0.3) is 0 Å². The predicted molar refractivity (Wildman–Crippen MR) is 50.0 cm³/mol. The summed E-state index contributed by atoms with van der Waals surface area (Å²) in [4.78, 5) is 1.64. The van der Waals surface area contributed by atoms with Crippen LogP contribution in [0.4, 0.5) is 0 Å². The zero-order valence-corrected chi connectivity index (χ0v) is 7.16. The molecule has 1 heterocycles. The number of hydrogen-bond donors (Lipinski definition) is 1. The van der Waals surface area contributed by atoms with Gasteiger partial charge in [-0.3, -0.25) is 0 Å². The van der Waals surface area contributed by atoms with Gasteiger partial charge in [-0.15, -0.1) is 0 Å². The molecule has 0 unspecified atom stereocenters. The average Bonchev–Trinajstić information content (AvgIpc) is 2.59. The highest BCUT2D eigenvalue weighted by Gasteiger charge is 2.09. The van der Waals surface area contributed by atoms with E-state index >= 15 is 0 Å². The molecule has 2 rings (SSSR count). The van der Waals surface area contributed by atoms with Crippen molar-refractivity contribution < 1.29 is 4.90 Å². The Bertz CT molecular complexity index is 256. The van der Waals surface area contributed by atoms with E-state index in [1.807, 2.05) is 0 Å². The van der Waals surface area contributed by atoms with Gasteiger partial charge >= 0.3 is 0 Å². The minimum Gasteiger partial charge on any atom is -0.325 e.